The molecule has 3 amide bonds. The lowest BCUT2D eigenvalue weighted by Crippen LogP contribution is -2.58. The number of amides is 3. The Hall–Kier alpha value is -2.67. The first-order valence-electron chi connectivity index (χ1n) is 15.8. The highest BCUT2D eigenvalue weighted by Gasteiger charge is 2.36. The van der Waals surface area contributed by atoms with E-state index in [4.69, 9.17) is 0 Å². The van der Waals surface area contributed by atoms with Gasteiger partial charge in [-0.15, -0.1) is 0 Å². The minimum absolute atomic E-state index is 0.0443. The molecule has 1 aromatic carbocycles. The fourth-order valence-electron chi connectivity index (χ4n) is 6.45. The Bertz CT molecular complexity index is 1040. The van der Waals surface area contributed by atoms with Gasteiger partial charge in [0.2, 0.25) is 17.7 Å². The average Bonchev–Trinajstić information content (AvgIpc) is 2.97. The molecule has 3 atom stereocenters. The van der Waals surface area contributed by atoms with Gasteiger partial charge < -0.3 is 15.1 Å². The van der Waals surface area contributed by atoms with Crippen molar-refractivity contribution < 1.29 is 14.4 Å². The Morgan fingerprint density at radius 2 is 1.54 bits per heavy atom. The van der Waals surface area contributed by atoms with Gasteiger partial charge in [-0.2, -0.15) is 0 Å². The summed E-state index contributed by atoms with van der Waals surface area (Å²) in [7, 11) is 1.80. The Morgan fingerprint density at radius 3 is 2.10 bits per heavy atom. The van der Waals surface area contributed by atoms with Crippen LogP contribution in [0, 0.1) is 11.8 Å². The first-order valence-corrected chi connectivity index (χ1v) is 15.8. The minimum atomic E-state index is -0.619. The smallest absolute Gasteiger partial charge is 0.249 e. The van der Waals surface area contributed by atoms with Crippen molar-refractivity contribution in [3.63, 3.8) is 0 Å². The summed E-state index contributed by atoms with van der Waals surface area (Å²) >= 11 is 0. The Morgan fingerprint density at radius 1 is 0.902 bits per heavy atom. The number of nitrogens with zero attached hydrogens (tertiary/aromatic N) is 3. The maximum atomic E-state index is 13.9. The molecule has 2 aliphatic rings. The second-order valence-corrected chi connectivity index (χ2v) is 13.1. The number of hydrogen-bond acceptors (Lipinski definition) is 4. The van der Waals surface area contributed by atoms with Crippen molar-refractivity contribution in [1.29, 1.82) is 0 Å². The molecular formula is C34H54N4O3. The summed E-state index contributed by atoms with van der Waals surface area (Å²) in [5.74, 6) is 0.410. The van der Waals surface area contributed by atoms with E-state index in [9.17, 15) is 14.4 Å². The van der Waals surface area contributed by atoms with Crippen LogP contribution < -0.4 is 5.32 Å². The molecule has 2 fully saturated rings. The van der Waals surface area contributed by atoms with Crippen LogP contribution in [-0.2, 0) is 14.4 Å². The van der Waals surface area contributed by atoms with Crippen LogP contribution >= 0.6 is 0 Å². The van der Waals surface area contributed by atoms with Gasteiger partial charge in [0.05, 0.1) is 12.1 Å². The van der Waals surface area contributed by atoms with Gasteiger partial charge in [0.15, 0.2) is 0 Å². The van der Waals surface area contributed by atoms with Crippen LogP contribution in [0.4, 0.5) is 0 Å². The fourth-order valence-corrected chi connectivity index (χ4v) is 6.45. The number of piperidine rings is 2. The number of benzene rings is 1. The molecule has 0 aliphatic carbocycles. The lowest BCUT2D eigenvalue weighted by Gasteiger charge is -2.39. The summed E-state index contributed by atoms with van der Waals surface area (Å²) in [6.45, 7) is 16.6. The molecule has 0 radical (unpaired) electrons. The van der Waals surface area contributed by atoms with Crippen molar-refractivity contribution in [1.82, 2.24) is 20.0 Å². The molecule has 7 nitrogen and oxygen atoms in total. The molecule has 2 heterocycles. The highest BCUT2D eigenvalue weighted by Crippen LogP contribution is 2.29. The molecule has 2 aliphatic heterocycles. The lowest BCUT2D eigenvalue weighted by atomic mass is 9.89. The second kappa shape index (κ2) is 15.0. The quantitative estimate of drug-likeness (QED) is 0.394. The standard InChI is InChI=1S/C34H54N4O3/c1-23(2)30(22-26(7)33(40)37-20-17-28(18-21-37)27-14-10-9-11-15-27)36(8)34(41)31(24(3)4)35-32(39)29-16-12-13-19-38(29)25(5)6/h9-11,14-15,22-25,28-31H,12-13,16-21H2,1-8H3,(H,35,39)/t29-,30?,31+/m1/s1. The second-order valence-electron chi connectivity index (χ2n) is 13.1. The first-order chi connectivity index (χ1) is 19.4. The zero-order chi connectivity index (χ0) is 30.3. The predicted molar refractivity (Wildman–Crippen MR) is 166 cm³/mol. The van der Waals surface area contributed by atoms with Crippen molar-refractivity contribution in [2.45, 2.75) is 111 Å². The zero-order valence-corrected chi connectivity index (χ0v) is 26.7. The SMILES string of the molecule is CC(=CC(C(C)C)N(C)C(=O)[C@@H](NC(=O)[C@H]1CCCCN1C(C)C)C(C)C)C(=O)N1CCC(c2ccccc2)CC1. The molecule has 1 N–H and O–H groups in total. The Balaban J connectivity index is 1.68. The lowest BCUT2D eigenvalue weighted by molar-refractivity contribution is -0.140. The molecule has 0 bridgehead atoms. The maximum absolute atomic E-state index is 13.9. The normalized spacial score (nSPS) is 20.8. The number of carbonyl (C=O) groups is 3. The summed E-state index contributed by atoms with van der Waals surface area (Å²) in [6, 6.07) is 9.75. The average molecular weight is 567 g/mol. The molecule has 0 aromatic heterocycles. The van der Waals surface area contributed by atoms with E-state index in [1.54, 1.807) is 11.9 Å². The topological polar surface area (TPSA) is 73.0 Å². The number of likely N-dealkylation sites (tertiary alicyclic amines) is 2. The largest absolute Gasteiger partial charge is 0.343 e. The third-order valence-corrected chi connectivity index (χ3v) is 9.03. The molecule has 0 spiro atoms. The van der Waals surface area contributed by atoms with Crippen LogP contribution in [0.3, 0.4) is 0 Å². The van der Waals surface area contributed by atoms with E-state index < -0.39 is 6.04 Å². The number of carbonyl (C=O) groups excluding carboxylic acids is 3. The molecule has 1 unspecified atom stereocenters. The maximum Gasteiger partial charge on any atom is 0.249 e. The zero-order valence-electron chi connectivity index (χ0n) is 26.7. The molecule has 7 heteroatoms. The van der Waals surface area contributed by atoms with Gasteiger partial charge in [0, 0.05) is 31.8 Å². The fraction of sp³-hybridized carbons (Fsp3) is 0.676. The highest BCUT2D eigenvalue weighted by molar-refractivity contribution is 5.93. The number of likely N-dealkylation sites (N-methyl/N-ethyl adjacent to an activating group) is 1. The van der Waals surface area contributed by atoms with E-state index >= 15 is 0 Å². The van der Waals surface area contributed by atoms with Crippen LogP contribution in [0.5, 0.6) is 0 Å². The van der Waals surface area contributed by atoms with E-state index in [-0.39, 0.29) is 47.7 Å². The van der Waals surface area contributed by atoms with Crippen LogP contribution in [0.1, 0.15) is 92.1 Å². The van der Waals surface area contributed by atoms with E-state index in [1.165, 1.54) is 5.56 Å². The van der Waals surface area contributed by atoms with Crippen LogP contribution in [0.2, 0.25) is 0 Å². The van der Waals surface area contributed by atoms with Gasteiger partial charge in [-0.25, -0.2) is 0 Å². The summed E-state index contributed by atoms with van der Waals surface area (Å²) in [6.07, 6.45) is 6.82. The molecule has 1 aromatic rings. The van der Waals surface area contributed by atoms with E-state index in [2.05, 4.69) is 62.2 Å². The number of nitrogens with one attached hydrogen (secondary N) is 1. The summed E-state index contributed by atoms with van der Waals surface area (Å²) in [4.78, 5) is 46.7. The van der Waals surface area contributed by atoms with E-state index in [0.717, 1.165) is 51.7 Å². The molecule has 0 saturated carbocycles. The van der Waals surface area contributed by atoms with Gasteiger partial charge in [-0.05, 0) is 76.3 Å². The third-order valence-electron chi connectivity index (χ3n) is 9.03. The van der Waals surface area contributed by atoms with Gasteiger partial charge >= 0.3 is 0 Å². The van der Waals surface area contributed by atoms with E-state index in [0.29, 0.717) is 11.5 Å². The van der Waals surface area contributed by atoms with Gasteiger partial charge in [-0.3, -0.25) is 19.3 Å². The predicted octanol–water partition coefficient (Wildman–Crippen LogP) is 5.23. The Labute approximate surface area is 248 Å². The summed E-state index contributed by atoms with van der Waals surface area (Å²) in [5, 5.41) is 3.12. The van der Waals surface area contributed by atoms with Gasteiger partial charge in [-0.1, -0.05) is 70.5 Å². The van der Waals surface area contributed by atoms with E-state index in [1.807, 2.05) is 37.8 Å². The monoisotopic (exact) mass is 566 g/mol. The molecule has 228 valence electrons. The van der Waals surface area contributed by atoms with Crippen LogP contribution in [-0.4, -0.2) is 83.3 Å². The molecule has 41 heavy (non-hydrogen) atoms. The van der Waals surface area contributed by atoms with Crippen LogP contribution in [0.15, 0.2) is 42.0 Å². The first kappa shape index (κ1) is 32.8. The van der Waals surface area contributed by atoms with Crippen LogP contribution in [0.25, 0.3) is 0 Å². The van der Waals surface area contributed by atoms with Crippen molar-refractivity contribution in [3.8, 4) is 0 Å². The minimum Gasteiger partial charge on any atom is -0.343 e. The number of hydrogen-bond donors (Lipinski definition) is 1. The highest BCUT2D eigenvalue weighted by atomic mass is 16.2. The molecule has 3 rings (SSSR count). The van der Waals surface area contributed by atoms with Crippen molar-refractivity contribution in [2.75, 3.05) is 26.7 Å². The van der Waals surface area contributed by atoms with Crippen molar-refractivity contribution in [3.05, 3.63) is 47.5 Å². The van der Waals surface area contributed by atoms with Crippen molar-refractivity contribution >= 4 is 17.7 Å². The summed E-state index contributed by atoms with van der Waals surface area (Å²) < 4.78 is 0. The number of rotatable bonds is 10. The third kappa shape index (κ3) is 8.43. The Kier molecular flexibility index (Phi) is 12.0. The van der Waals surface area contributed by atoms with Gasteiger partial charge in [0.1, 0.15) is 6.04 Å². The summed E-state index contributed by atoms with van der Waals surface area (Å²) in [5.41, 5.74) is 2.01. The molecular weight excluding hydrogens is 512 g/mol. The van der Waals surface area contributed by atoms with Gasteiger partial charge in [0.25, 0.3) is 0 Å². The van der Waals surface area contributed by atoms with Crippen molar-refractivity contribution in [2.24, 2.45) is 11.8 Å². The molecule has 2 saturated heterocycles.